The second kappa shape index (κ2) is 66.6. The van der Waals surface area contributed by atoms with E-state index in [0.29, 0.717) is 19.3 Å². The van der Waals surface area contributed by atoms with Crippen molar-refractivity contribution >= 4 is 17.9 Å². The summed E-state index contributed by atoms with van der Waals surface area (Å²) in [6.45, 7) is 6.44. The minimum Gasteiger partial charge on any atom is -0.462 e. The first kappa shape index (κ1) is 75.1. The van der Waals surface area contributed by atoms with Gasteiger partial charge in [0.05, 0.1) is 0 Å². The number of allylic oxidation sites excluding steroid dienone is 18. The molecule has 0 aromatic rings. The lowest BCUT2D eigenvalue weighted by Crippen LogP contribution is -2.30. The summed E-state index contributed by atoms with van der Waals surface area (Å²) >= 11 is 0. The van der Waals surface area contributed by atoms with E-state index in [1.807, 2.05) is 0 Å². The van der Waals surface area contributed by atoms with E-state index >= 15 is 0 Å². The van der Waals surface area contributed by atoms with Crippen LogP contribution in [0.25, 0.3) is 0 Å². The molecule has 0 heterocycles. The van der Waals surface area contributed by atoms with Crippen LogP contribution >= 0.6 is 0 Å². The van der Waals surface area contributed by atoms with Crippen LogP contribution in [0.2, 0.25) is 0 Å². The first-order chi connectivity index (χ1) is 39.0. The lowest BCUT2D eigenvalue weighted by Gasteiger charge is -2.18. The molecule has 0 amide bonds. The molecule has 0 saturated heterocycles. The third kappa shape index (κ3) is 64.8. The SMILES string of the molecule is CC/C=C\C/C=C\C/C=C\C/C=C\C/C=C\C/C=C\C/C=C\C/C=C\CCCCCCC(=O)OCC(COC(=O)CCCCCCC)OC(=O)CCCCCCCCCCCCCCCCC/C=C\CCCCCCCCCC. The molecule has 0 rings (SSSR count). The minimum absolute atomic E-state index is 0.0862. The molecule has 1 atom stereocenters. The van der Waals surface area contributed by atoms with E-state index in [1.54, 1.807) is 0 Å². The summed E-state index contributed by atoms with van der Waals surface area (Å²) in [5.41, 5.74) is 0. The standard InChI is InChI=1S/C73H124O6/c1-4-7-10-13-15-17-19-21-23-25-27-29-31-33-35-36-38-39-41-43-45-47-49-51-53-55-57-60-63-66-72(75)78-69-70(68-77-71(74)65-62-59-12-9-6-3)79-73(76)67-64-61-58-56-54-52-50-48-46-44-42-40-37-34-32-30-28-26-24-22-20-18-16-14-11-8-5-2/h7,10,15,17,21,23,26-29,33,35,38-39,43,45,49,51,70H,4-6,8-9,11-14,16,18-20,22,24-25,30-32,34,36-37,40-42,44,46-48,50,52-69H2,1-3H3/b10-7-,17-15-,23-21-,28-26-,29-27-,35-33-,39-38-,45-43-,51-49-. The fraction of sp³-hybridized carbons (Fsp3) is 0.712. The Hall–Kier alpha value is -3.93. The van der Waals surface area contributed by atoms with Crippen molar-refractivity contribution in [3.63, 3.8) is 0 Å². The minimum atomic E-state index is -0.787. The smallest absolute Gasteiger partial charge is 0.306 e. The zero-order chi connectivity index (χ0) is 57.1. The number of carbonyl (C=O) groups is 3. The number of carbonyl (C=O) groups excluding carboxylic acids is 3. The summed E-state index contributed by atoms with van der Waals surface area (Å²) in [5.74, 6) is -0.919. The van der Waals surface area contributed by atoms with Gasteiger partial charge in [0, 0.05) is 19.3 Å². The first-order valence-electron chi connectivity index (χ1n) is 33.4. The number of hydrogen-bond acceptors (Lipinski definition) is 6. The maximum atomic E-state index is 12.8. The van der Waals surface area contributed by atoms with E-state index in [2.05, 4.69) is 130 Å². The topological polar surface area (TPSA) is 78.9 Å². The van der Waals surface area contributed by atoms with Gasteiger partial charge in [-0.3, -0.25) is 14.4 Å². The highest BCUT2D eigenvalue weighted by molar-refractivity contribution is 5.71. The van der Waals surface area contributed by atoms with Crippen LogP contribution in [0.1, 0.15) is 316 Å². The van der Waals surface area contributed by atoms with Gasteiger partial charge in [0.25, 0.3) is 0 Å². The highest BCUT2D eigenvalue weighted by atomic mass is 16.6. The fourth-order valence-electron chi connectivity index (χ4n) is 9.28. The van der Waals surface area contributed by atoms with E-state index < -0.39 is 6.10 Å². The van der Waals surface area contributed by atoms with Gasteiger partial charge in [-0.1, -0.05) is 297 Å². The maximum Gasteiger partial charge on any atom is 0.306 e. The largest absolute Gasteiger partial charge is 0.462 e. The van der Waals surface area contributed by atoms with Crippen LogP contribution in [-0.4, -0.2) is 37.2 Å². The third-order valence-corrected chi connectivity index (χ3v) is 14.3. The van der Waals surface area contributed by atoms with Gasteiger partial charge in [-0.25, -0.2) is 0 Å². The molecular weight excluding hydrogens is 973 g/mol. The predicted octanol–water partition coefficient (Wildman–Crippen LogP) is 23.0. The molecule has 0 spiro atoms. The predicted molar refractivity (Wildman–Crippen MR) is 343 cm³/mol. The molecule has 0 N–H and O–H groups in total. The second-order valence-electron chi connectivity index (χ2n) is 22.0. The maximum absolute atomic E-state index is 12.8. The quantitative estimate of drug-likeness (QED) is 0.0261. The lowest BCUT2D eigenvalue weighted by molar-refractivity contribution is -0.167. The number of hydrogen-bond donors (Lipinski definition) is 0. The van der Waals surface area contributed by atoms with E-state index in [-0.39, 0.29) is 31.1 Å². The summed E-state index contributed by atoms with van der Waals surface area (Å²) in [4.78, 5) is 38.0. The van der Waals surface area contributed by atoms with Gasteiger partial charge in [-0.05, 0) is 109 Å². The summed E-state index contributed by atoms with van der Waals surface area (Å²) in [7, 11) is 0. The van der Waals surface area contributed by atoms with Crippen molar-refractivity contribution < 1.29 is 28.6 Å². The Bertz CT molecular complexity index is 1590. The van der Waals surface area contributed by atoms with Crippen molar-refractivity contribution in [2.75, 3.05) is 13.2 Å². The number of unbranched alkanes of at least 4 members (excludes halogenated alkanes) is 31. The van der Waals surface area contributed by atoms with Gasteiger partial charge in [0.2, 0.25) is 0 Å². The molecular formula is C73H124O6. The molecule has 1 unspecified atom stereocenters. The van der Waals surface area contributed by atoms with Gasteiger partial charge in [0.1, 0.15) is 13.2 Å². The summed E-state index contributed by atoms with van der Waals surface area (Å²) in [5, 5.41) is 0. The first-order valence-corrected chi connectivity index (χ1v) is 33.4. The van der Waals surface area contributed by atoms with Crippen LogP contribution in [0.4, 0.5) is 0 Å². The van der Waals surface area contributed by atoms with Gasteiger partial charge in [-0.2, -0.15) is 0 Å². The molecule has 0 saturated carbocycles. The van der Waals surface area contributed by atoms with Crippen molar-refractivity contribution in [3.05, 3.63) is 109 Å². The molecule has 0 aliphatic heterocycles. The summed E-state index contributed by atoms with van der Waals surface area (Å²) in [6, 6.07) is 0. The van der Waals surface area contributed by atoms with Gasteiger partial charge in [-0.15, -0.1) is 0 Å². The number of ether oxygens (including phenoxy) is 3. The Morgan fingerprint density at radius 1 is 0.266 bits per heavy atom. The summed E-state index contributed by atoms with van der Waals surface area (Å²) in [6.07, 6.45) is 91.6. The molecule has 0 aliphatic carbocycles. The van der Waals surface area contributed by atoms with E-state index in [1.165, 1.54) is 148 Å². The zero-order valence-corrected chi connectivity index (χ0v) is 51.9. The average Bonchev–Trinajstić information content (AvgIpc) is 3.45. The van der Waals surface area contributed by atoms with Gasteiger partial charge in [0.15, 0.2) is 6.10 Å². The van der Waals surface area contributed by atoms with Crippen LogP contribution in [0.5, 0.6) is 0 Å². The highest BCUT2D eigenvalue weighted by Crippen LogP contribution is 2.16. The Morgan fingerprint density at radius 2 is 0.494 bits per heavy atom. The van der Waals surface area contributed by atoms with Crippen LogP contribution in [0.3, 0.4) is 0 Å². The van der Waals surface area contributed by atoms with Crippen molar-refractivity contribution in [2.45, 2.75) is 322 Å². The second-order valence-corrected chi connectivity index (χ2v) is 22.0. The third-order valence-electron chi connectivity index (χ3n) is 14.3. The van der Waals surface area contributed by atoms with E-state index in [4.69, 9.17) is 14.2 Å². The van der Waals surface area contributed by atoms with Crippen LogP contribution in [-0.2, 0) is 28.6 Å². The molecule has 6 nitrogen and oxygen atoms in total. The van der Waals surface area contributed by atoms with Crippen LogP contribution in [0, 0.1) is 0 Å². The normalized spacial score (nSPS) is 12.8. The van der Waals surface area contributed by atoms with Crippen molar-refractivity contribution in [1.29, 1.82) is 0 Å². The number of rotatable bonds is 60. The van der Waals surface area contributed by atoms with Crippen LogP contribution in [0.15, 0.2) is 109 Å². The molecule has 0 fully saturated rings. The highest BCUT2D eigenvalue weighted by Gasteiger charge is 2.19. The van der Waals surface area contributed by atoms with Gasteiger partial charge >= 0.3 is 17.9 Å². The Kier molecular flexibility index (Phi) is 63.3. The molecule has 452 valence electrons. The fourth-order valence-corrected chi connectivity index (χ4v) is 9.28. The summed E-state index contributed by atoms with van der Waals surface area (Å²) < 4.78 is 16.8. The molecule has 6 heteroatoms. The molecule has 0 aliphatic rings. The van der Waals surface area contributed by atoms with Crippen molar-refractivity contribution in [2.24, 2.45) is 0 Å². The molecule has 0 radical (unpaired) electrons. The molecule has 0 aromatic carbocycles. The zero-order valence-electron chi connectivity index (χ0n) is 51.9. The molecule has 0 aromatic heterocycles. The van der Waals surface area contributed by atoms with E-state index in [9.17, 15) is 14.4 Å². The Morgan fingerprint density at radius 3 is 0.785 bits per heavy atom. The van der Waals surface area contributed by atoms with Crippen molar-refractivity contribution in [1.82, 2.24) is 0 Å². The Balaban J connectivity index is 4.09. The average molecular weight is 1100 g/mol. The van der Waals surface area contributed by atoms with E-state index in [0.717, 1.165) is 128 Å². The lowest BCUT2D eigenvalue weighted by atomic mass is 10.0. The molecule has 79 heavy (non-hydrogen) atoms. The monoisotopic (exact) mass is 1100 g/mol. The van der Waals surface area contributed by atoms with Crippen molar-refractivity contribution in [3.8, 4) is 0 Å². The number of esters is 3. The van der Waals surface area contributed by atoms with Crippen LogP contribution < -0.4 is 0 Å². The Labute approximate surface area is 489 Å². The van der Waals surface area contributed by atoms with Gasteiger partial charge < -0.3 is 14.2 Å². The molecule has 0 bridgehead atoms.